The Labute approximate surface area is 139 Å². The summed E-state index contributed by atoms with van der Waals surface area (Å²) >= 11 is 3.44. The van der Waals surface area contributed by atoms with Crippen molar-refractivity contribution in [1.82, 2.24) is 4.90 Å². The lowest BCUT2D eigenvalue weighted by Gasteiger charge is -2.24. The Morgan fingerprint density at radius 1 is 0.905 bits per heavy atom. The van der Waals surface area contributed by atoms with E-state index in [-0.39, 0.29) is 0 Å². The molecule has 1 rings (SSSR count). The predicted molar refractivity (Wildman–Crippen MR) is 95.0 cm³/mol. The van der Waals surface area contributed by atoms with E-state index < -0.39 is 0 Å². The smallest absolute Gasteiger partial charge is 0.119 e. The van der Waals surface area contributed by atoms with Gasteiger partial charge in [-0.1, -0.05) is 43.6 Å². The Morgan fingerprint density at radius 2 is 1.43 bits per heavy atom. The normalized spacial score (nSPS) is 11.6. The van der Waals surface area contributed by atoms with Crippen LogP contribution in [0.4, 0.5) is 0 Å². The topological polar surface area (TPSA) is 12.5 Å². The van der Waals surface area contributed by atoms with Crippen molar-refractivity contribution in [3.63, 3.8) is 0 Å². The van der Waals surface area contributed by atoms with E-state index >= 15 is 0 Å². The monoisotopic (exact) mass is 355 g/mol. The minimum atomic E-state index is 0.762. The highest BCUT2D eigenvalue weighted by Gasteiger charge is 2.07. The number of ether oxygens (including phenoxy) is 1. The molecule has 0 radical (unpaired) electrons. The zero-order chi connectivity index (χ0) is 15.7. The molecule has 0 aliphatic carbocycles. The van der Waals surface area contributed by atoms with Crippen molar-refractivity contribution in [3.8, 4) is 5.75 Å². The first kappa shape index (κ1) is 18.5. The SMILES string of the molecule is CC(C)CCN(CCOc1ccc(Br)cc1)CCC(C)C. The van der Waals surface area contributed by atoms with Gasteiger partial charge in [0, 0.05) is 11.0 Å². The van der Waals surface area contributed by atoms with Crippen LogP contribution >= 0.6 is 15.9 Å². The van der Waals surface area contributed by atoms with Crippen molar-refractivity contribution >= 4 is 15.9 Å². The fourth-order valence-corrected chi connectivity index (χ4v) is 2.30. The van der Waals surface area contributed by atoms with Gasteiger partial charge in [-0.05, 0) is 62.0 Å². The summed E-state index contributed by atoms with van der Waals surface area (Å²) in [4.78, 5) is 2.54. The van der Waals surface area contributed by atoms with Gasteiger partial charge < -0.3 is 4.74 Å². The third-order valence-electron chi connectivity index (χ3n) is 3.54. The molecule has 0 spiro atoms. The van der Waals surface area contributed by atoms with Gasteiger partial charge in [0.1, 0.15) is 12.4 Å². The third kappa shape index (κ3) is 9.15. The third-order valence-corrected chi connectivity index (χ3v) is 4.06. The van der Waals surface area contributed by atoms with Crippen LogP contribution in [0.3, 0.4) is 0 Å². The Bertz CT molecular complexity index is 363. The lowest BCUT2D eigenvalue weighted by molar-refractivity contribution is 0.193. The first-order valence-corrected chi connectivity index (χ1v) is 8.87. The van der Waals surface area contributed by atoms with Gasteiger partial charge in [-0.25, -0.2) is 0 Å². The van der Waals surface area contributed by atoms with Crippen LogP contribution in [0.2, 0.25) is 0 Å². The minimum absolute atomic E-state index is 0.762. The second-order valence-electron chi connectivity index (χ2n) is 6.51. The van der Waals surface area contributed by atoms with Crippen LogP contribution in [0, 0.1) is 11.8 Å². The van der Waals surface area contributed by atoms with Gasteiger partial charge in [0.05, 0.1) is 0 Å². The molecule has 0 heterocycles. The molecule has 0 saturated carbocycles. The van der Waals surface area contributed by atoms with Crippen LogP contribution in [0.1, 0.15) is 40.5 Å². The molecule has 0 aromatic heterocycles. The van der Waals surface area contributed by atoms with Crippen molar-refractivity contribution in [2.45, 2.75) is 40.5 Å². The molecule has 0 saturated heterocycles. The van der Waals surface area contributed by atoms with Crippen LogP contribution in [0.5, 0.6) is 5.75 Å². The predicted octanol–water partition coefficient (Wildman–Crippen LogP) is 5.22. The Balaban J connectivity index is 2.34. The molecule has 1 aromatic carbocycles. The molecule has 120 valence electrons. The zero-order valence-corrected chi connectivity index (χ0v) is 15.5. The standard InChI is InChI=1S/C18H30BrNO/c1-15(2)9-11-20(12-10-16(3)4)13-14-21-18-7-5-17(19)6-8-18/h5-8,15-16H,9-14H2,1-4H3. The maximum absolute atomic E-state index is 5.84. The number of nitrogens with zero attached hydrogens (tertiary/aromatic N) is 1. The molecule has 0 N–H and O–H groups in total. The molecule has 2 nitrogen and oxygen atoms in total. The maximum atomic E-state index is 5.84. The summed E-state index contributed by atoms with van der Waals surface area (Å²) in [7, 11) is 0. The fraction of sp³-hybridized carbons (Fsp3) is 0.667. The summed E-state index contributed by atoms with van der Waals surface area (Å²) in [5.41, 5.74) is 0. The second kappa shape index (κ2) is 10.2. The molecular formula is C18H30BrNO. The van der Waals surface area contributed by atoms with E-state index in [2.05, 4.69) is 48.5 Å². The van der Waals surface area contributed by atoms with E-state index in [1.54, 1.807) is 0 Å². The highest BCUT2D eigenvalue weighted by Crippen LogP contribution is 2.16. The average Bonchev–Trinajstić information content (AvgIpc) is 2.43. The molecule has 0 bridgehead atoms. The van der Waals surface area contributed by atoms with Crippen LogP contribution < -0.4 is 4.74 Å². The van der Waals surface area contributed by atoms with Gasteiger partial charge in [0.2, 0.25) is 0 Å². The average molecular weight is 356 g/mol. The van der Waals surface area contributed by atoms with Crippen molar-refractivity contribution in [2.75, 3.05) is 26.2 Å². The summed E-state index contributed by atoms with van der Waals surface area (Å²) in [5, 5.41) is 0. The van der Waals surface area contributed by atoms with Crippen LogP contribution in [0.15, 0.2) is 28.7 Å². The Kier molecular flexibility index (Phi) is 9.02. The minimum Gasteiger partial charge on any atom is -0.492 e. The van der Waals surface area contributed by atoms with Gasteiger partial charge in [-0.3, -0.25) is 4.90 Å². The van der Waals surface area contributed by atoms with Crippen molar-refractivity contribution in [1.29, 1.82) is 0 Å². The zero-order valence-electron chi connectivity index (χ0n) is 13.9. The molecule has 0 fully saturated rings. The number of rotatable bonds is 10. The van der Waals surface area contributed by atoms with E-state index in [1.807, 2.05) is 24.3 Å². The number of hydrogen-bond acceptors (Lipinski definition) is 2. The summed E-state index contributed by atoms with van der Waals surface area (Å²) in [5.74, 6) is 2.48. The molecule has 0 aliphatic heterocycles. The summed E-state index contributed by atoms with van der Waals surface area (Å²) in [6.07, 6.45) is 2.52. The lowest BCUT2D eigenvalue weighted by Crippen LogP contribution is -2.31. The van der Waals surface area contributed by atoms with Gasteiger partial charge in [-0.15, -0.1) is 0 Å². The van der Waals surface area contributed by atoms with Crippen LogP contribution in [0.25, 0.3) is 0 Å². The largest absolute Gasteiger partial charge is 0.492 e. The Hall–Kier alpha value is -0.540. The molecule has 0 unspecified atom stereocenters. The van der Waals surface area contributed by atoms with Gasteiger partial charge >= 0.3 is 0 Å². The van der Waals surface area contributed by atoms with Crippen molar-refractivity contribution < 1.29 is 4.74 Å². The van der Waals surface area contributed by atoms with Crippen LogP contribution in [-0.2, 0) is 0 Å². The molecular weight excluding hydrogens is 326 g/mol. The first-order chi connectivity index (χ1) is 9.97. The van der Waals surface area contributed by atoms with Gasteiger partial charge in [0.25, 0.3) is 0 Å². The summed E-state index contributed by atoms with van der Waals surface area (Å²) in [6, 6.07) is 8.06. The summed E-state index contributed by atoms with van der Waals surface area (Å²) < 4.78 is 6.93. The molecule has 21 heavy (non-hydrogen) atoms. The lowest BCUT2D eigenvalue weighted by atomic mass is 10.1. The number of hydrogen-bond donors (Lipinski definition) is 0. The van der Waals surface area contributed by atoms with E-state index in [1.165, 1.54) is 25.9 Å². The molecule has 3 heteroatoms. The maximum Gasteiger partial charge on any atom is 0.119 e. The Morgan fingerprint density at radius 3 is 1.90 bits per heavy atom. The first-order valence-electron chi connectivity index (χ1n) is 8.08. The second-order valence-corrected chi connectivity index (χ2v) is 7.42. The van der Waals surface area contributed by atoms with E-state index in [0.717, 1.165) is 35.2 Å². The van der Waals surface area contributed by atoms with Gasteiger partial charge in [-0.2, -0.15) is 0 Å². The molecule has 0 atom stereocenters. The quantitative estimate of drug-likeness (QED) is 0.570. The number of benzene rings is 1. The number of halogens is 1. The van der Waals surface area contributed by atoms with Gasteiger partial charge in [0.15, 0.2) is 0 Å². The van der Waals surface area contributed by atoms with Crippen molar-refractivity contribution in [3.05, 3.63) is 28.7 Å². The summed E-state index contributed by atoms with van der Waals surface area (Å²) in [6.45, 7) is 13.3. The van der Waals surface area contributed by atoms with E-state index in [4.69, 9.17) is 4.74 Å². The molecule has 0 aliphatic rings. The fourth-order valence-electron chi connectivity index (χ4n) is 2.04. The van der Waals surface area contributed by atoms with Crippen molar-refractivity contribution in [2.24, 2.45) is 11.8 Å². The van der Waals surface area contributed by atoms with Crippen LogP contribution in [-0.4, -0.2) is 31.1 Å². The van der Waals surface area contributed by atoms with E-state index in [0.29, 0.717) is 0 Å². The highest BCUT2D eigenvalue weighted by molar-refractivity contribution is 9.10. The highest BCUT2D eigenvalue weighted by atomic mass is 79.9. The van der Waals surface area contributed by atoms with E-state index in [9.17, 15) is 0 Å². The molecule has 1 aromatic rings. The molecule has 0 amide bonds.